The van der Waals surface area contributed by atoms with Crippen molar-refractivity contribution in [3.05, 3.63) is 11.8 Å². The van der Waals surface area contributed by atoms with E-state index in [4.69, 9.17) is 0 Å². The molecule has 1 fully saturated rings. The van der Waals surface area contributed by atoms with Gasteiger partial charge in [0, 0.05) is 18.7 Å². The summed E-state index contributed by atoms with van der Waals surface area (Å²) in [5.41, 5.74) is 1.21. The summed E-state index contributed by atoms with van der Waals surface area (Å²) in [6.45, 7) is 4.98. The molecule has 0 atom stereocenters. The van der Waals surface area contributed by atoms with Crippen LogP contribution in [0.25, 0.3) is 0 Å². The first kappa shape index (κ1) is 8.31. The van der Waals surface area contributed by atoms with E-state index in [1.807, 2.05) is 17.9 Å². The van der Waals surface area contributed by atoms with Crippen molar-refractivity contribution in [2.75, 3.05) is 6.54 Å². The SMILES string of the molecule is CC=C1CCC(=O)N1CCC. The molecule has 0 aromatic rings. The molecule has 1 rings (SSSR count). The van der Waals surface area contributed by atoms with Crippen molar-refractivity contribution < 1.29 is 4.79 Å². The summed E-state index contributed by atoms with van der Waals surface area (Å²) in [6, 6.07) is 0. The largest absolute Gasteiger partial charge is 0.317 e. The lowest BCUT2D eigenvalue weighted by Crippen LogP contribution is -2.23. The van der Waals surface area contributed by atoms with Gasteiger partial charge >= 0.3 is 0 Å². The van der Waals surface area contributed by atoms with Gasteiger partial charge in [0.15, 0.2) is 0 Å². The number of carbonyl (C=O) groups excluding carboxylic acids is 1. The Morgan fingerprint density at radius 2 is 2.27 bits per heavy atom. The zero-order valence-corrected chi connectivity index (χ0v) is 7.26. The van der Waals surface area contributed by atoms with Crippen molar-refractivity contribution in [1.82, 2.24) is 4.90 Å². The quantitative estimate of drug-likeness (QED) is 0.593. The molecule has 0 N–H and O–H groups in total. The summed E-state index contributed by atoms with van der Waals surface area (Å²) in [7, 11) is 0. The van der Waals surface area contributed by atoms with Gasteiger partial charge in [0.05, 0.1) is 0 Å². The van der Waals surface area contributed by atoms with Gasteiger partial charge in [0.1, 0.15) is 0 Å². The number of amides is 1. The third kappa shape index (κ3) is 1.62. The molecule has 2 heteroatoms. The van der Waals surface area contributed by atoms with Crippen LogP contribution in [0.2, 0.25) is 0 Å². The molecule has 1 aliphatic heterocycles. The van der Waals surface area contributed by atoms with Crippen molar-refractivity contribution in [3.8, 4) is 0 Å². The molecule has 0 aliphatic carbocycles. The van der Waals surface area contributed by atoms with Crippen LogP contribution < -0.4 is 0 Å². The van der Waals surface area contributed by atoms with E-state index in [0.717, 1.165) is 19.4 Å². The van der Waals surface area contributed by atoms with E-state index < -0.39 is 0 Å². The fourth-order valence-corrected chi connectivity index (χ4v) is 1.46. The molecular formula is C9H15NO. The summed E-state index contributed by atoms with van der Waals surface area (Å²) in [4.78, 5) is 13.1. The molecule has 62 valence electrons. The highest BCUT2D eigenvalue weighted by Crippen LogP contribution is 2.21. The third-order valence-electron chi connectivity index (χ3n) is 2.02. The van der Waals surface area contributed by atoms with Crippen molar-refractivity contribution in [2.24, 2.45) is 0 Å². The fraction of sp³-hybridized carbons (Fsp3) is 0.667. The van der Waals surface area contributed by atoms with Crippen molar-refractivity contribution in [3.63, 3.8) is 0 Å². The maximum Gasteiger partial charge on any atom is 0.227 e. The Kier molecular flexibility index (Phi) is 2.69. The zero-order chi connectivity index (χ0) is 8.27. The topological polar surface area (TPSA) is 20.3 Å². The molecule has 0 spiro atoms. The predicted molar refractivity (Wildman–Crippen MR) is 45.0 cm³/mol. The Balaban J connectivity index is 2.64. The van der Waals surface area contributed by atoms with Gasteiger partial charge < -0.3 is 4.90 Å². The smallest absolute Gasteiger partial charge is 0.227 e. The minimum Gasteiger partial charge on any atom is -0.317 e. The molecule has 2 nitrogen and oxygen atoms in total. The average Bonchev–Trinajstić information content (AvgIpc) is 2.34. The number of carbonyl (C=O) groups is 1. The monoisotopic (exact) mass is 153 g/mol. The summed E-state index contributed by atoms with van der Waals surface area (Å²) in [6.07, 6.45) is 4.73. The van der Waals surface area contributed by atoms with Crippen LogP contribution >= 0.6 is 0 Å². The molecule has 0 aromatic carbocycles. The Morgan fingerprint density at radius 1 is 1.55 bits per heavy atom. The van der Waals surface area contributed by atoms with Gasteiger partial charge in [-0.3, -0.25) is 4.79 Å². The van der Waals surface area contributed by atoms with Crippen LogP contribution in [-0.4, -0.2) is 17.4 Å². The van der Waals surface area contributed by atoms with Crippen LogP contribution in [0, 0.1) is 0 Å². The molecule has 11 heavy (non-hydrogen) atoms. The molecule has 0 radical (unpaired) electrons. The molecule has 0 aromatic heterocycles. The number of nitrogens with zero attached hydrogens (tertiary/aromatic N) is 1. The Labute approximate surface area is 67.9 Å². The molecule has 0 unspecified atom stereocenters. The van der Waals surface area contributed by atoms with Gasteiger partial charge in [-0.05, 0) is 19.8 Å². The Bertz CT molecular complexity index is 184. The number of hydrogen-bond acceptors (Lipinski definition) is 1. The molecule has 1 amide bonds. The zero-order valence-electron chi connectivity index (χ0n) is 7.26. The van der Waals surface area contributed by atoms with Crippen molar-refractivity contribution in [1.29, 1.82) is 0 Å². The first-order chi connectivity index (χ1) is 5.29. The highest BCUT2D eigenvalue weighted by molar-refractivity contribution is 5.81. The maximum atomic E-state index is 11.2. The Hall–Kier alpha value is -0.790. The molecule has 1 aliphatic rings. The van der Waals surface area contributed by atoms with E-state index in [-0.39, 0.29) is 0 Å². The standard InChI is InChI=1S/C9H15NO/c1-3-7-10-8(4-2)5-6-9(10)11/h4H,3,5-7H2,1-2H3. The van der Waals surface area contributed by atoms with Gasteiger partial charge in [-0.1, -0.05) is 13.0 Å². The van der Waals surface area contributed by atoms with E-state index in [1.54, 1.807) is 0 Å². The van der Waals surface area contributed by atoms with Gasteiger partial charge in [0.25, 0.3) is 0 Å². The van der Waals surface area contributed by atoms with Crippen LogP contribution in [0.15, 0.2) is 11.8 Å². The first-order valence-corrected chi connectivity index (χ1v) is 4.25. The van der Waals surface area contributed by atoms with Gasteiger partial charge in [-0.15, -0.1) is 0 Å². The second kappa shape index (κ2) is 3.56. The van der Waals surface area contributed by atoms with Crippen LogP contribution in [0.1, 0.15) is 33.1 Å². The van der Waals surface area contributed by atoms with E-state index >= 15 is 0 Å². The summed E-state index contributed by atoms with van der Waals surface area (Å²) >= 11 is 0. The average molecular weight is 153 g/mol. The molecule has 1 saturated heterocycles. The minimum atomic E-state index is 0.292. The van der Waals surface area contributed by atoms with Gasteiger partial charge in [0.2, 0.25) is 5.91 Å². The van der Waals surface area contributed by atoms with Crippen molar-refractivity contribution in [2.45, 2.75) is 33.1 Å². The summed E-state index contributed by atoms with van der Waals surface area (Å²) in [5.74, 6) is 0.292. The van der Waals surface area contributed by atoms with Crippen molar-refractivity contribution >= 4 is 5.91 Å². The van der Waals surface area contributed by atoms with Crippen LogP contribution in [-0.2, 0) is 4.79 Å². The number of rotatable bonds is 2. The predicted octanol–water partition coefficient (Wildman–Crippen LogP) is 1.92. The minimum absolute atomic E-state index is 0.292. The molecular weight excluding hydrogens is 138 g/mol. The van der Waals surface area contributed by atoms with Crippen LogP contribution in [0.4, 0.5) is 0 Å². The second-order valence-electron chi connectivity index (χ2n) is 2.83. The third-order valence-corrected chi connectivity index (χ3v) is 2.02. The molecule has 0 saturated carbocycles. The fourth-order valence-electron chi connectivity index (χ4n) is 1.46. The lowest BCUT2D eigenvalue weighted by atomic mass is 10.3. The van der Waals surface area contributed by atoms with Crippen LogP contribution in [0.3, 0.4) is 0 Å². The maximum absolute atomic E-state index is 11.2. The van der Waals surface area contributed by atoms with E-state index in [2.05, 4.69) is 6.92 Å². The molecule has 1 heterocycles. The number of likely N-dealkylation sites (tertiary alicyclic amines) is 1. The lowest BCUT2D eigenvalue weighted by Gasteiger charge is -2.16. The van der Waals surface area contributed by atoms with E-state index in [9.17, 15) is 4.79 Å². The van der Waals surface area contributed by atoms with Crippen LogP contribution in [0.5, 0.6) is 0 Å². The molecule has 0 bridgehead atoms. The highest BCUT2D eigenvalue weighted by atomic mass is 16.2. The number of hydrogen-bond donors (Lipinski definition) is 0. The summed E-state index contributed by atoms with van der Waals surface area (Å²) < 4.78 is 0. The Morgan fingerprint density at radius 3 is 2.82 bits per heavy atom. The van der Waals surface area contributed by atoms with E-state index in [0.29, 0.717) is 12.3 Å². The second-order valence-corrected chi connectivity index (χ2v) is 2.83. The van der Waals surface area contributed by atoms with Gasteiger partial charge in [-0.2, -0.15) is 0 Å². The number of allylic oxidation sites excluding steroid dienone is 2. The first-order valence-electron chi connectivity index (χ1n) is 4.25. The highest BCUT2D eigenvalue weighted by Gasteiger charge is 2.23. The lowest BCUT2D eigenvalue weighted by molar-refractivity contribution is -0.126. The normalized spacial score (nSPS) is 21.8. The van der Waals surface area contributed by atoms with Gasteiger partial charge in [-0.25, -0.2) is 0 Å². The van der Waals surface area contributed by atoms with E-state index in [1.165, 1.54) is 5.70 Å². The summed E-state index contributed by atoms with van der Waals surface area (Å²) in [5, 5.41) is 0.